The number of fused-ring (bicyclic) bond motifs is 1. The van der Waals surface area contributed by atoms with E-state index in [1.54, 1.807) is 0 Å². The summed E-state index contributed by atoms with van der Waals surface area (Å²) in [7, 11) is 1.39. The van der Waals surface area contributed by atoms with Gasteiger partial charge in [0, 0.05) is 32.9 Å². The van der Waals surface area contributed by atoms with E-state index in [4.69, 9.17) is 30.8 Å². The average molecular weight is 575 g/mol. The molecule has 1 fully saturated rings. The number of halogens is 1. The van der Waals surface area contributed by atoms with E-state index in [-0.39, 0.29) is 5.60 Å². The molecule has 41 heavy (non-hydrogen) atoms. The fraction of sp³-hybridized carbons (Fsp3) is 0.412. The second-order valence-corrected chi connectivity index (χ2v) is 12.5. The third-order valence-electron chi connectivity index (χ3n) is 7.91. The first-order valence-corrected chi connectivity index (χ1v) is 14.5. The normalized spacial score (nSPS) is 15.2. The van der Waals surface area contributed by atoms with Gasteiger partial charge in [0.1, 0.15) is 5.65 Å². The van der Waals surface area contributed by atoms with Crippen molar-refractivity contribution in [2.45, 2.75) is 84.8 Å². The summed E-state index contributed by atoms with van der Waals surface area (Å²) in [6, 6.07) is 18.0. The lowest BCUT2D eigenvalue weighted by Gasteiger charge is -2.29. The third kappa shape index (κ3) is 6.06. The zero-order chi connectivity index (χ0) is 29.5. The van der Waals surface area contributed by atoms with Gasteiger partial charge in [-0.25, -0.2) is 9.78 Å². The van der Waals surface area contributed by atoms with Crippen molar-refractivity contribution in [3.63, 3.8) is 0 Å². The van der Waals surface area contributed by atoms with Crippen LogP contribution < -0.4 is 0 Å². The number of ether oxygens (including phenoxy) is 3. The third-order valence-corrected chi connectivity index (χ3v) is 8.16. The predicted octanol–water partition coefficient (Wildman–Crippen LogP) is 8.06. The molecule has 4 aromatic rings. The number of aryl methyl sites for hydroxylation is 2. The van der Waals surface area contributed by atoms with Crippen LogP contribution in [0.3, 0.4) is 0 Å². The van der Waals surface area contributed by atoms with E-state index in [1.807, 2.05) is 70.2 Å². The number of aromatic nitrogens is 2. The Morgan fingerprint density at radius 3 is 2.29 bits per heavy atom. The van der Waals surface area contributed by atoms with E-state index in [1.165, 1.54) is 12.7 Å². The molecule has 0 N–H and O–H groups in total. The smallest absolute Gasteiger partial charge is 0.339 e. The Kier molecular flexibility index (Phi) is 8.03. The monoisotopic (exact) mass is 574 g/mol. The number of carbonyl (C=O) groups is 1. The highest BCUT2D eigenvalue weighted by Crippen LogP contribution is 2.46. The lowest BCUT2D eigenvalue weighted by atomic mass is 9.91. The lowest BCUT2D eigenvalue weighted by Crippen LogP contribution is -2.29. The molecule has 1 atom stereocenters. The molecule has 0 radical (unpaired) electrons. The zero-order valence-electron chi connectivity index (χ0n) is 25.0. The number of hydrogen-bond acceptors (Lipinski definition) is 5. The van der Waals surface area contributed by atoms with E-state index in [0.29, 0.717) is 23.7 Å². The minimum absolute atomic E-state index is 0.225. The second-order valence-electron chi connectivity index (χ2n) is 12.1. The number of rotatable bonds is 9. The van der Waals surface area contributed by atoms with Gasteiger partial charge in [-0.3, -0.25) is 0 Å². The maximum absolute atomic E-state index is 13.2. The Labute approximate surface area is 247 Å². The molecule has 1 aliphatic rings. The maximum Gasteiger partial charge on any atom is 0.339 e. The van der Waals surface area contributed by atoms with Crippen molar-refractivity contribution in [2.75, 3.05) is 7.11 Å². The van der Waals surface area contributed by atoms with Gasteiger partial charge in [-0.05, 0) is 83.2 Å². The van der Waals surface area contributed by atoms with Crippen molar-refractivity contribution in [3.8, 4) is 11.1 Å². The van der Waals surface area contributed by atoms with Crippen molar-refractivity contribution in [1.29, 1.82) is 0 Å². The first-order chi connectivity index (χ1) is 19.4. The Morgan fingerprint density at radius 2 is 1.71 bits per heavy atom. The molecule has 2 aromatic heterocycles. The molecular weight excluding hydrogens is 536 g/mol. The molecule has 1 saturated carbocycles. The van der Waals surface area contributed by atoms with Crippen LogP contribution in [0.4, 0.5) is 0 Å². The van der Waals surface area contributed by atoms with Crippen molar-refractivity contribution in [3.05, 3.63) is 87.7 Å². The summed E-state index contributed by atoms with van der Waals surface area (Å²) < 4.78 is 20.4. The minimum atomic E-state index is -0.949. The van der Waals surface area contributed by atoms with Crippen LogP contribution in [0.25, 0.3) is 22.2 Å². The molecule has 1 unspecified atom stereocenters. The number of pyridine rings is 1. The molecule has 0 bridgehead atoms. The molecule has 1 aliphatic carbocycles. The summed E-state index contributed by atoms with van der Waals surface area (Å²) >= 11 is 6.30. The highest BCUT2D eigenvalue weighted by Gasteiger charge is 2.45. The molecule has 2 aromatic carbocycles. The second kappa shape index (κ2) is 11.2. The fourth-order valence-corrected chi connectivity index (χ4v) is 5.62. The quantitative estimate of drug-likeness (QED) is 0.189. The van der Waals surface area contributed by atoms with Gasteiger partial charge >= 0.3 is 5.97 Å². The molecule has 216 valence electrons. The SMILES string of the molecule is COC(=O)C(OC(C)(C)C)c1c(C)nc2c(c(C)c(C)n2CC2(OCc3ccccc3)CC2)c1-c1ccc(Cl)cc1. The topological polar surface area (TPSA) is 62.6 Å². The summed E-state index contributed by atoms with van der Waals surface area (Å²) in [4.78, 5) is 18.4. The van der Waals surface area contributed by atoms with Crippen LogP contribution in [0.5, 0.6) is 0 Å². The molecule has 2 heterocycles. The lowest BCUT2D eigenvalue weighted by molar-refractivity contribution is -0.164. The van der Waals surface area contributed by atoms with Crippen LogP contribution in [0, 0.1) is 20.8 Å². The average Bonchev–Trinajstić information content (AvgIpc) is 3.68. The molecule has 7 heteroatoms. The van der Waals surface area contributed by atoms with Gasteiger partial charge in [-0.15, -0.1) is 0 Å². The Balaban J connectivity index is 1.68. The van der Waals surface area contributed by atoms with Crippen LogP contribution in [0.2, 0.25) is 5.02 Å². The minimum Gasteiger partial charge on any atom is -0.467 e. The standard InChI is InChI=1S/C34H39ClN2O4/c1-21-23(3)37(20-34(17-18-34)40-19-24-11-9-8-10-12-24)31-27(21)29(25-13-15-26(35)16-14-25)28(22(2)36-31)30(32(38)39-7)41-33(4,5)6/h8-16,30H,17-20H2,1-7H3. The number of methoxy groups -OCH3 is 1. The van der Waals surface area contributed by atoms with Crippen LogP contribution >= 0.6 is 11.6 Å². The molecule has 6 nitrogen and oxygen atoms in total. The number of nitrogens with zero attached hydrogens (tertiary/aromatic N) is 2. The van der Waals surface area contributed by atoms with Gasteiger partial charge in [0.05, 0.1) is 31.5 Å². The molecule has 0 amide bonds. The summed E-state index contributed by atoms with van der Waals surface area (Å²) in [5, 5.41) is 1.64. The first-order valence-electron chi connectivity index (χ1n) is 14.1. The highest BCUT2D eigenvalue weighted by atomic mass is 35.5. The van der Waals surface area contributed by atoms with Gasteiger partial charge in [0.25, 0.3) is 0 Å². The summed E-state index contributed by atoms with van der Waals surface area (Å²) in [6.07, 6.45) is 1.06. The number of benzene rings is 2. The number of esters is 1. The van der Waals surface area contributed by atoms with E-state index >= 15 is 0 Å². The fourth-order valence-electron chi connectivity index (χ4n) is 5.50. The van der Waals surface area contributed by atoms with E-state index in [9.17, 15) is 4.79 Å². The maximum atomic E-state index is 13.2. The predicted molar refractivity (Wildman–Crippen MR) is 163 cm³/mol. The van der Waals surface area contributed by atoms with Crippen LogP contribution in [0.15, 0.2) is 54.6 Å². The van der Waals surface area contributed by atoms with E-state index < -0.39 is 17.7 Å². The summed E-state index contributed by atoms with van der Waals surface area (Å²) in [6.45, 7) is 13.3. The van der Waals surface area contributed by atoms with Crippen molar-refractivity contribution in [1.82, 2.24) is 9.55 Å². The molecule has 0 aliphatic heterocycles. The summed E-state index contributed by atoms with van der Waals surface area (Å²) in [5.41, 5.74) is 6.74. The van der Waals surface area contributed by atoms with Gasteiger partial charge in [-0.2, -0.15) is 0 Å². The van der Waals surface area contributed by atoms with Crippen molar-refractivity contribution >= 4 is 28.6 Å². The largest absolute Gasteiger partial charge is 0.467 e. The van der Waals surface area contributed by atoms with Gasteiger partial charge in [0.15, 0.2) is 6.10 Å². The van der Waals surface area contributed by atoms with Gasteiger partial charge in [0.2, 0.25) is 0 Å². The van der Waals surface area contributed by atoms with Crippen molar-refractivity contribution < 1.29 is 19.0 Å². The van der Waals surface area contributed by atoms with E-state index in [2.05, 4.69) is 30.5 Å². The summed E-state index contributed by atoms with van der Waals surface area (Å²) in [5.74, 6) is -0.459. The van der Waals surface area contributed by atoms with Gasteiger partial charge < -0.3 is 18.8 Å². The van der Waals surface area contributed by atoms with Crippen LogP contribution in [-0.2, 0) is 32.2 Å². The number of carbonyl (C=O) groups excluding carboxylic acids is 1. The molecule has 5 rings (SSSR count). The molecule has 0 saturated heterocycles. The highest BCUT2D eigenvalue weighted by molar-refractivity contribution is 6.30. The molecule has 0 spiro atoms. The van der Waals surface area contributed by atoms with Crippen LogP contribution in [0.1, 0.15) is 67.8 Å². The van der Waals surface area contributed by atoms with Crippen molar-refractivity contribution in [2.24, 2.45) is 0 Å². The Morgan fingerprint density at radius 1 is 1.05 bits per heavy atom. The van der Waals surface area contributed by atoms with Crippen LogP contribution in [-0.4, -0.2) is 33.8 Å². The molecular formula is C34H39ClN2O4. The Bertz CT molecular complexity index is 1570. The number of hydrogen-bond donors (Lipinski definition) is 0. The zero-order valence-corrected chi connectivity index (χ0v) is 25.8. The van der Waals surface area contributed by atoms with Gasteiger partial charge in [-0.1, -0.05) is 54.1 Å². The Hall–Kier alpha value is -3.19. The van der Waals surface area contributed by atoms with E-state index in [0.717, 1.165) is 52.0 Å². The first kappa shape index (κ1) is 29.3.